The number of fused-ring (bicyclic) bond motifs is 1. The molecule has 2 heterocycles. The van der Waals surface area contributed by atoms with Gasteiger partial charge in [0, 0.05) is 5.39 Å². The number of hydrogen-bond acceptors (Lipinski definition) is 3. The molecule has 0 bridgehead atoms. The van der Waals surface area contributed by atoms with E-state index in [1.807, 2.05) is 6.07 Å². The fourth-order valence-corrected chi connectivity index (χ4v) is 4.36. The molecule has 0 N–H and O–H groups in total. The average molecular weight is 305 g/mol. The third-order valence-electron chi connectivity index (χ3n) is 2.49. The van der Waals surface area contributed by atoms with Crippen LogP contribution in [0.4, 0.5) is 13.2 Å². The number of thiophene rings is 1. The highest BCUT2D eigenvalue weighted by Crippen LogP contribution is 2.25. The lowest BCUT2D eigenvalue weighted by Crippen LogP contribution is -2.34. The molecule has 0 aromatic carbocycles. The van der Waals surface area contributed by atoms with E-state index in [1.54, 1.807) is 17.4 Å². The van der Waals surface area contributed by atoms with Crippen molar-refractivity contribution in [3.8, 4) is 5.75 Å². The summed E-state index contributed by atoms with van der Waals surface area (Å²) in [6, 6.07) is 3.63. The van der Waals surface area contributed by atoms with Crippen molar-refractivity contribution in [1.29, 1.82) is 0 Å². The summed E-state index contributed by atoms with van der Waals surface area (Å²) in [6.45, 7) is 5.38. The molecule has 2 aromatic rings. The van der Waals surface area contributed by atoms with E-state index < -0.39 is 20.9 Å². The summed E-state index contributed by atoms with van der Waals surface area (Å²) in [5.41, 5.74) is 0. The summed E-state index contributed by atoms with van der Waals surface area (Å²) < 4.78 is 42.2. The zero-order chi connectivity index (χ0) is 14.3. The number of hydrogen-bond donors (Lipinski definition) is 0. The quantitative estimate of drug-likeness (QED) is 0.805. The predicted molar refractivity (Wildman–Crippen MR) is 74.2 cm³/mol. The van der Waals surface area contributed by atoms with Crippen molar-refractivity contribution < 1.29 is 17.9 Å². The minimum Gasteiger partial charge on any atom is -0.482 e. The average Bonchev–Trinajstić information content (AvgIpc) is 2.67. The van der Waals surface area contributed by atoms with Crippen molar-refractivity contribution in [2.45, 2.75) is 25.8 Å². The Kier molecular flexibility index (Phi) is 3.61. The molecule has 104 valence electrons. The highest BCUT2D eigenvalue weighted by molar-refractivity contribution is 7.31. The van der Waals surface area contributed by atoms with Gasteiger partial charge in [-0.25, -0.2) is 4.98 Å². The van der Waals surface area contributed by atoms with Gasteiger partial charge in [-0.2, -0.15) is 13.2 Å². The molecule has 0 spiro atoms. The van der Waals surface area contributed by atoms with Gasteiger partial charge in [0.1, 0.15) is 10.6 Å². The van der Waals surface area contributed by atoms with Crippen LogP contribution in [-0.2, 0) is 0 Å². The largest absolute Gasteiger partial charge is 0.482 e. The van der Waals surface area contributed by atoms with Crippen LogP contribution in [0.5, 0.6) is 5.75 Å². The van der Waals surface area contributed by atoms with Crippen LogP contribution in [0.1, 0.15) is 0 Å². The van der Waals surface area contributed by atoms with Gasteiger partial charge >= 0.3 is 6.18 Å². The van der Waals surface area contributed by atoms with Crippen LogP contribution in [0.25, 0.3) is 10.2 Å². The van der Waals surface area contributed by atoms with Gasteiger partial charge in [-0.05, 0) is 16.6 Å². The Labute approximate surface area is 114 Å². The van der Waals surface area contributed by atoms with Crippen molar-refractivity contribution in [1.82, 2.24) is 4.98 Å². The minimum absolute atomic E-state index is 0.157. The van der Waals surface area contributed by atoms with E-state index in [-0.39, 0.29) is 5.75 Å². The van der Waals surface area contributed by atoms with Crippen LogP contribution in [0.3, 0.4) is 0 Å². The molecule has 2 aromatic heterocycles. The molecule has 0 atom stereocenters. The predicted octanol–water partition coefficient (Wildman–Crippen LogP) is 3.78. The van der Waals surface area contributed by atoms with Gasteiger partial charge in [0.25, 0.3) is 0 Å². The summed E-state index contributed by atoms with van der Waals surface area (Å²) in [6.07, 6.45) is -2.98. The van der Waals surface area contributed by atoms with Gasteiger partial charge in [-0.1, -0.05) is 19.6 Å². The van der Waals surface area contributed by atoms with Crippen molar-refractivity contribution in [2.24, 2.45) is 0 Å². The molecule has 0 radical (unpaired) electrons. The van der Waals surface area contributed by atoms with E-state index >= 15 is 0 Å². The van der Waals surface area contributed by atoms with E-state index in [9.17, 15) is 13.2 Å². The van der Waals surface area contributed by atoms with Gasteiger partial charge in [-0.3, -0.25) is 0 Å². The first-order chi connectivity index (χ1) is 8.65. The summed E-state index contributed by atoms with van der Waals surface area (Å²) >= 11 is 1.61. The Morgan fingerprint density at radius 3 is 2.53 bits per heavy atom. The van der Waals surface area contributed by atoms with Crippen LogP contribution < -0.4 is 9.24 Å². The summed E-state index contributed by atoms with van der Waals surface area (Å²) in [5.74, 6) is 0.157. The standard InChI is InChI=1S/C12H14F3NOSSi/c1-19(2,3)10-5-8-4-9(6-16-11(8)18-10)17-7-12(13,14)15/h4-6H,7H2,1-3H3. The smallest absolute Gasteiger partial charge is 0.422 e. The molecule has 0 aliphatic rings. The topological polar surface area (TPSA) is 22.1 Å². The molecule has 19 heavy (non-hydrogen) atoms. The first-order valence-corrected chi connectivity index (χ1v) is 10.1. The van der Waals surface area contributed by atoms with Gasteiger partial charge in [0.05, 0.1) is 14.3 Å². The van der Waals surface area contributed by atoms with E-state index in [0.717, 1.165) is 10.2 Å². The van der Waals surface area contributed by atoms with E-state index in [2.05, 4.69) is 24.6 Å². The summed E-state index contributed by atoms with van der Waals surface area (Å²) in [4.78, 5) is 5.01. The molecular weight excluding hydrogens is 291 g/mol. The maximum Gasteiger partial charge on any atom is 0.422 e. The number of ether oxygens (including phenoxy) is 1. The summed E-state index contributed by atoms with van der Waals surface area (Å²) in [7, 11) is -1.42. The lowest BCUT2D eigenvalue weighted by molar-refractivity contribution is -0.153. The highest BCUT2D eigenvalue weighted by Gasteiger charge is 2.28. The van der Waals surface area contributed by atoms with E-state index in [1.165, 1.54) is 10.7 Å². The lowest BCUT2D eigenvalue weighted by atomic mass is 10.3. The van der Waals surface area contributed by atoms with Crippen LogP contribution in [0.2, 0.25) is 19.6 Å². The third-order valence-corrected chi connectivity index (χ3v) is 7.13. The van der Waals surface area contributed by atoms with E-state index in [4.69, 9.17) is 4.74 Å². The molecule has 0 aliphatic heterocycles. The minimum atomic E-state index is -4.33. The molecule has 0 unspecified atom stereocenters. The maximum atomic E-state index is 12.1. The van der Waals surface area contributed by atoms with Crippen molar-refractivity contribution >= 4 is 34.1 Å². The van der Waals surface area contributed by atoms with E-state index in [0.29, 0.717) is 0 Å². The number of nitrogens with zero attached hydrogens (tertiary/aromatic N) is 1. The summed E-state index contributed by atoms with van der Waals surface area (Å²) in [5, 5.41) is 0.849. The molecule has 0 amide bonds. The van der Waals surface area contributed by atoms with Gasteiger partial charge in [0.2, 0.25) is 0 Å². The lowest BCUT2D eigenvalue weighted by Gasteiger charge is -2.11. The van der Waals surface area contributed by atoms with Gasteiger partial charge in [0.15, 0.2) is 6.61 Å². The molecule has 2 rings (SSSR count). The molecule has 2 nitrogen and oxygen atoms in total. The van der Waals surface area contributed by atoms with Gasteiger partial charge in [-0.15, -0.1) is 11.3 Å². The maximum absolute atomic E-state index is 12.1. The Morgan fingerprint density at radius 1 is 1.26 bits per heavy atom. The Balaban J connectivity index is 2.26. The second kappa shape index (κ2) is 4.79. The second-order valence-corrected chi connectivity index (χ2v) is 11.8. The molecule has 7 heteroatoms. The number of pyridine rings is 1. The highest BCUT2D eigenvalue weighted by atomic mass is 32.1. The van der Waals surface area contributed by atoms with Gasteiger partial charge < -0.3 is 4.74 Å². The second-order valence-electron chi connectivity index (χ2n) is 5.33. The van der Waals surface area contributed by atoms with Crippen molar-refractivity contribution in [3.63, 3.8) is 0 Å². The fraction of sp³-hybridized carbons (Fsp3) is 0.417. The van der Waals surface area contributed by atoms with Crippen molar-refractivity contribution in [3.05, 3.63) is 18.3 Å². The Hall–Kier alpha value is -1.08. The molecular formula is C12H14F3NOSSi. The molecule has 0 aliphatic carbocycles. The Morgan fingerprint density at radius 2 is 1.95 bits per heavy atom. The molecule has 0 saturated carbocycles. The third kappa shape index (κ3) is 3.70. The van der Waals surface area contributed by atoms with Crippen LogP contribution in [-0.4, -0.2) is 25.8 Å². The first kappa shape index (κ1) is 14.3. The molecule has 0 fully saturated rings. The van der Waals surface area contributed by atoms with Crippen molar-refractivity contribution in [2.75, 3.05) is 6.61 Å². The van der Waals surface area contributed by atoms with Crippen LogP contribution >= 0.6 is 11.3 Å². The number of halogens is 3. The number of rotatable bonds is 3. The SMILES string of the molecule is C[Si](C)(C)c1cc2cc(OCC(F)(F)F)cnc2s1. The molecule has 0 saturated heterocycles. The normalized spacial score (nSPS) is 12.9. The number of alkyl halides is 3. The zero-order valence-corrected chi connectivity index (χ0v) is 12.7. The number of aromatic nitrogens is 1. The van der Waals surface area contributed by atoms with Crippen LogP contribution in [0, 0.1) is 0 Å². The monoisotopic (exact) mass is 305 g/mol. The first-order valence-electron chi connectivity index (χ1n) is 5.75. The van der Waals surface area contributed by atoms with Crippen LogP contribution in [0.15, 0.2) is 18.3 Å². The fourth-order valence-electron chi connectivity index (χ4n) is 1.53. The Bertz CT molecular complexity index is 589. The zero-order valence-electron chi connectivity index (χ0n) is 10.8.